The second-order valence-corrected chi connectivity index (χ2v) is 6.47. The molecule has 0 amide bonds. The fourth-order valence-electron chi connectivity index (χ4n) is 4.00. The van der Waals surface area contributed by atoms with E-state index in [1.807, 2.05) is 17.9 Å². The van der Waals surface area contributed by atoms with Gasteiger partial charge in [0.2, 0.25) is 0 Å². The minimum absolute atomic E-state index is 0.467. The molecule has 4 nitrogen and oxygen atoms in total. The number of nitrogens with one attached hydrogen (secondary N) is 1. The second kappa shape index (κ2) is 4.30. The van der Waals surface area contributed by atoms with Crippen LogP contribution in [0.5, 0.6) is 0 Å². The molecule has 2 N–H and O–H groups in total. The van der Waals surface area contributed by atoms with E-state index in [9.17, 15) is 5.11 Å². The number of hydrogen-bond donors (Lipinski definition) is 2. The van der Waals surface area contributed by atoms with E-state index < -0.39 is 5.60 Å². The Kier molecular flexibility index (Phi) is 2.66. The van der Waals surface area contributed by atoms with E-state index in [4.69, 9.17) is 0 Å². The van der Waals surface area contributed by atoms with Gasteiger partial charge in [-0.15, -0.1) is 0 Å². The normalized spacial score (nSPS) is 33.5. The first-order valence-corrected chi connectivity index (χ1v) is 7.55. The molecule has 0 aliphatic carbocycles. The predicted octanol–water partition coefficient (Wildman–Crippen LogP) is 2.07. The van der Waals surface area contributed by atoms with E-state index >= 15 is 0 Å². The average molecular weight is 271 g/mol. The Morgan fingerprint density at radius 2 is 2.05 bits per heavy atom. The lowest BCUT2D eigenvalue weighted by atomic mass is 9.74. The maximum absolute atomic E-state index is 11.2. The van der Waals surface area contributed by atoms with Crippen LogP contribution in [0, 0.1) is 0 Å². The molecular weight excluding hydrogens is 250 g/mol. The Labute approximate surface area is 118 Å². The summed E-state index contributed by atoms with van der Waals surface area (Å²) < 4.78 is 1.88. The highest BCUT2D eigenvalue weighted by atomic mass is 16.3. The van der Waals surface area contributed by atoms with Crippen molar-refractivity contribution >= 4 is 10.9 Å². The van der Waals surface area contributed by atoms with Crippen molar-refractivity contribution in [3.63, 3.8) is 0 Å². The van der Waals surface area contributed by atoms with Crippen molar-refractivity contribution in [1.29, 1.82) is 0 Å². The van der Waals surface area contributed by atoms with Crippen LogP contribution < -0.4 is 5.32 Å². The van der Waals surface area contributed by atoms with E-state index in [1.165, 1.54) is 19.3 Å². The summed E-state index contributed by atoms with van der Waals surface area (Å²) in [5.41, 5.74) is 1.46. The Bertz CT molecular complexity index is 636. The molecule has 2 aliphatic rings. The number of aliphatic hydroxyl groups is 1. The van der Waals surface area contributed by atoms with Crippen LogP contribution in [0.15, 0.2) is 24.4 Å². The SMILES string of the molecule is Cn1ncc2ccc(C3(O)CC4CCCC(C3)N4)cc21. The third-order valence-corrected chi connectivity index (χ3v) is 5.03. The summed E-state index contributed by atoms with van der Waals surface area (Å²) in [7, 11) is 1.95. The molecule has 2 saturated heterocycles. The Morgan fingerprint density at radius 1 is 1.30 bits per heavy atom. The van der Waals surface area contributed by atoms with Crippen LogP contribution in [0.4, 0.5) is 0 Å². The number of aryl methyl sites for hydroxylation is 1. The molecular formula is C16H21N3O. The molecule has 1 aromatic carbocycles. The number of nitrogens with zero attached hydrogens (tertiary/aromatic N) is 2. The van der Waals surface area contributed by atoms with Crippen molar-refractivity contribution in [3.8, 4) is 0 Å². The molecule has 1 aromatic heterocycles. The van der Waals surface area contributed by atoms with Gasteiger partial charge < -0.3 is 10.4 Å². The smallest absolute Gasteiger partial charge is 0.0927 e. The second-order valence-electron chi connectivity index (χ2n) is 6.47. The van der Waals surface area contributed by atoms with Gasteiger partial charge >= 0.3 is 0 Å². The van der Waals surface area contributed by atoms with Gasteiger partial charge in [0.05, 0.1) is 17.3 Å². The van der Waals surface area contributed by atoms with Gasteiger partial charge in [-0.1, -0.05) is 18.6 Å². The summed E-state index contributed by atoms with van der Waals surface area (Å²) in [5, 5.41) is 20.2. The molecule has 0 saturated carbocycles. The zero-order valence-corrected chi connectivity index (χ0v) is 11.8. The van der Waals surface area contributed by atoms with Crippen LogP contribution in [0.3, 0.4) is 0 Å². The lowest BCUT2D eigenvalue weighted by molar-refractivity contribution is -0.0357. The maximum Gasteiger partial charge on any atom is 0.0927 e. The first-order chi connectivity index (χ1) is 9.64. The van der Waals surface area contributed by atoms with E-state index in [2.05, 4.69) is 28.6 Å². The van der Waals surface area contributed by atoms with Gasteiger partial charge in [-0.05, 0) is 37.3 Å². The van der Waals surface area contributed by atoms with Crippen molar-refractivity contribution in [1.82, 2.24) is 15.1 Å². The fourth-order valence-corrected chi connectivity index (χ4v) is 4.00. The fraction of sp³-hybridized carbons (Fsp3) is 0.562. The van der Waals surface area contributed by atoms with Gasteiger partial charge in [0.25, 0.3) is 0 Å². The van der Waals surface area contributed by atoms with Gasteiger partial charge in [0.15, 0.2) is 0 Å². The van der Waals surface area contributed by atoms with Crippen LogP contribution in [0.25, 0.3) is 10.9 Å². The maximum atomic E-state index is 11.2. The van der Waals surface area contributed by atoms with Gasteiger partial charge in [0.1, 0.15) is 0 Å². The van der Waals surface area contributed by atoms with E-state index in [1.54, 1.807) is 0 Å². The molecule has 3 heterocycles. The molecule has 0 spiro atoms. The molecule has 2 bridgehead atoms. The monoisotopic (exact) mass is 271 g/mol. The molecule has 106 valence electrons. The number of hydrogen-bond acceptors (Lipinski definition) is 3. The average Bonchev–Trinajstić information content (AvgIpc) is 2.79. The summed E-state index contributed by atoms with van der Waals surface area (Å²) in [6.45, 7) is 0. The quantitative estimate of drug-likeness (QED) is 0.835. The van der Waals surface area contributed by atoms with Crippen LogP contribution in [-0.2, 0) is 12.6 Å². The molecule has 20 heavy (non-hydrogen) atoms. The Morgan fingerprint density at radius 3 is 2.80 bits per heavy atom. The molecule has 2 aliphatic heterocycles. The van der Waals surface area contributed by atoms with E-state index in [-0.39, 0.29) is 0 Å². The zero-order chi connectivity index (χ0) is 13.7. The number of aromatic nitrogens is 2. The third-order valence-electron chi connectivity index (χ3n) is 5.03. The zero-order valence-electron chi connectivity index (χ0n) is 11.8. The highest BCUT2D eigenvalue weighted by Crippen LogP contribution is 2.40. The number of benzene rings is 1. The molecule has 0 radical (unpaired) electrons. The molecule has 4 heteroatoms. The van der Waals surface area contributed by atoms with Crippen molar-refractivity contribution < 1.29 is 5.11 Å². The first kappa shape index (κ1) is 12.4. The lowest BCUT2D eigenvalue weighted by Gasteiger charge is -2.45. The van der Waals surface area contributed by atoms with Crippen LogP contribution in [0.1, 0.15) is 37.7 Å². The third kappa shape index (κ3) is 1.86. The predicted molar refractivity (Wildman–Crippen MR) is 78.4 cm³/mol. The minimum atomic E-state index is -0.681. The van der Waals surface area contributed by atoms with Gasteiger partial charge in [-0.3, -0.25) is 4.68 Å². The van der Waals surface area contributed by atoms with Gasteiger partial charge in [-0.2, -0.15) is 5.10 Å². The summed E-state index contributed by atoms with van der Waals surface area (Å²) in [6, 6.07) is 7.20. The van der Waals surface area contributed by atoms with Gasteiger partial charge in [-0.25, -0.2) is 0 Å². The molecule has 2 atom stereocenters. The first-order valence-electron chi connectivity index (χ1n) is 7.55. The summed E-state index contributed by atoms with van der Waals surface area (Å²) >= 11 is 0. The van der Waals surface area contributed by atoms with Crippen LogP contribution in [-0.4, -0.2) is 27.0 Å². The highest BCUT2D eigenvalue weighted by molar-refractivity contribution is 5.79. The van der Waals surface area contributed by atoms with Crippen molar-refractivity contribution in [3.05, 3.63) is 30.0 Å². The number of piperidine rings is 2. The summed E-state index contributed by atoms with van der Waals surface area (Å²) in [6.07, 6.45) is 7.19. The summed E-state index contributed by atoms with van der Waals surface area (Å²) in [5.74, 6) is 0. The topological polar surface area (TPSA) is 50.1 Å². The van der Waals surface area contributed by atoms with E-state index in [0.29, 0.717) is 12.1 Å². The highest BCUT2D eigenvalue weighted by Gasteiger charge is 2.41. The molecule has 4 rings (SSSR count). The van der Waals surface area contributed by atoms with Crippen LogP contribution >= 0.6 is 0 Å². The Hall–Kier alpha value is -1.39. The number of fused-ring (bicyclic) bond motifs is 3. The summed E-state index contributed by atoms with van der Waals surface area (Å²) in [4.78, 5) is 0. The van der Waals surface area contributed by atoms with Crippen LogP contribution in [0.2, 0.25) is 0 Å². The standard InChI is InChI=1S/C16H21N3O/c1-19-15-7-12(6-5-11(15)10-17-19)16(20)8-13-3-2-4-14(9-16)18-13/h5-7,10,13-14,18,20H,2-4,8-9H2,1H3. The van der Waals surface area contributed by atoms with Crippen molar-refractivity contribution in [2.45, 2.75) is 49.8 Å². The largest absolute Gasteiger partial charge is 0.385 e. The van der Waals surface area contributed by atoms with Gasteiger partial charge in [0, 0.05) is 24.5 Å². The molecule has 2 fully saturated rings. The van der Waals surface area contributed by atoms with Crippen molar-refractivity contribution in [2.75, 3.05) is 0 Å². The van der Waals surface area contributed by atoms with E-state index in [0.717, 1.165) is 29.3 Å². The minimum Gasteiger partial charge on any atom is -0.385 e. The molecule has 2 unspecified atom stereocenters. The lowest BCUT2D eigenvalue weighted by Crippen LogP contribution is -2.54. The van der Waals surface area contributed by atoms with Crippen molar-refractivity contribution in [2.24, 2.45) is 7.05 Å². The Balaban J connectivity index is 1.75. The molecule has 2 aromatic rings. The number of rotatable bonds is 1.